The van der Waals surface area contributed by atoms with Crippen LogP contribution in [0.1, 0.15) is 12.8 Å². The maximum Gasteiger partial charge on any atom is 0.304 e. The Bertz CT molecular complexity index is 186. The summed E-state index contributed by atoms with van der Waals surface area (Å²) < 4.78 is 12.6. The molecule has 0 bridgehead atoms. The molecule has 0 spiro atoms. The molecule has 0 saturated carbocycles. The maximum atomic E-state index is 12.6. The highest BCUT2D eigenvalue weighted by Crippen LogP contribution is 2.33. The zero-order valence-corrected chi connectivity index (χ0v) is 7.22. The van der Waals surface area contributed by atoms with Gasteiger partial charge in [0, 0.05) is 12.0 Å². The number of halogens is 1. The summed E-state index contributed by atoms with van der Waals surface area (Å²) in [5.74, 6) is -0.900. The van der Waals surface area contributed by atoms with Crippen LogP contribution in [0.15, 0.2) is 0 Å². The molecule has 1 unspecified atom stereocenters. The number of hydrogen-bond acceptors (Lipinski definition) is 2. The van der Waals surface area contributed by atoms with E-state index in [0.29, 0.717) is 13.0 Å². The van der Waals surface area contributed by atoms with E-state index in [1.807, 2.05) is 11.9 Å². The van der Waals surface area contributed by atoms with E-state index in [2.05, 4.69) is 0 Å². The molecule has 1 aliphatic heterocycles. The number of aliphatic carboxylic acids is 1. The van der Waals surface area contributed by atoms with Crippen LogP contribution in [0.4, 0.5) is 4.39 Å². The highest BCUT2D eigenvalue weighted by Gasteiger charge is 2.38. The topological polar surface area (TPSA) is 40.5 Å². The Kier molecular flexibility index (Phi) is 2.67. The van der Waals surface area contributed by atoms with E-state index in [9.17, 15) is 9.18 Å². The van der Waals surface area contributed by atoms with Gasteiger partial charge in [-0.15, -0.1) is 0 Å². The van der Waals surface area contributed by atoms with E-state index in [0.717, 1.165) is 6.54 Å². The van der Waals surface area contributed by atoms with E-state index in [1.165, 1.54) is 0 Å². The first-order valence-electron chi connectivity index (χ1n) is 4.04. The molecule has 4 heteroatoms. The van der Waals surface area contributed by atoms with Crippen molar-refractivity contribution in [2.75, 3.05) is 26.8 Å². The van der Waals surface area contributed by atoms with Crippen LogP contribution < -0.4 is 0 Å². The monoisotopic (exact) mass is 175 g/mol. The molecule has 70 valence electrons. The lowest BCUT2D eigenvalue weighted by Crippen LogP contribution is -2.30. The second-order valence-corrected chi connectivity index (χ2v) is 3.69. The Balaban J connectivity index is 2.58. The summed E-state index contributed by atoms with van der Waals surface area (Å²) in [4.78, 5) is 12.4. The SMILES string of the molecule is CN1CCC(CF)(CC(=O)O)C1. The number of likely N-dealkylation sites (tertiary alicyclic amines) is 1. The average Bonchev–Trinajstić information content (AvgIpc) is 2.32. The van der Waals surface area contributed by atoms with Crippen LogP contribution in [-0.2, 0) is 4.79 Å². The Morgan fingerprint density at radius 1 is 1.75 bits per heavy atom. The number of alkyl halides is 1. The number of carboxylic acid groups (broad SMARTS) is 1. The minimum atomic E-state index is -0.900. The molecule has 12 heavy (non-hydrogen) atoms. The van der Waals surface area contributed by atoms with Crippen LogP contribution in [0.3, 0.4) is 0 Å². The van der Waals surface area contributed by atoms with Gasteiger partial charge in [-0.2, -0.15) is 0 Å². The molecule has 1 heterocycles. The number of hydrogen-bond donors (Lipinski definition) is 1. The van der Waals surface area contributed by atoms with Gasteiger partial charge in [0.1, 0.15) is 0 Å². The molecular formula is C8H14FNO2. The third-order valence-electron chi connectivity index (χ3n) is 2.44. The lowest BCUT2D eigenvalue weighted by molar-refractivity contribution is -0.139. The fourth-order valence-electron chi connectivity index (χ4n) is 1.78. The number of carboxylic acids is 1. The minimum absolute atomic E-state index is 0.0478. The van der Waals surface area contributed by atoms with Gasteiger partial charge in [0.15, 0.2) is 0 Å². The van der Waals surface area contributed by atoms with Crippen LogP contribution in [0, 0.1) is 5.41 Å². The maximum absolute atomic E-state index is 12.6. The predicted octanol–water partition coefficient (Wildman–Crippen LogP) is 0.753. The molecular weight excluding hydrogens is 161 g/mol. The van der Waals surface area contributed by atoms with Gasteiger partial charge in [-0.3, -0.25) is 9.18 Å². The van der Waals surface area contributed by atoms with Crippen molar-refractivity contribution in [3.05, 3.63) is 0 Å². The van der Waals surface area contributed by atoms with E-state index in [1.54, 1.807) is 0 Å². The zero-order chi connectivity index (χ0) is 9.19. The Labute approximate surface area is 71.2 Å². The lowest BCUT2D eigenvalue weighted by atomic mass is 9.85. The fourth-order valence-corrected chi connectivity index (χ4v) is 1.78. The minimum Gasteiger partial charge on any atom is -0.481 e. The third kappa shape index (κ3) is 1.94. The van der Waals surface area contributed by atoms with E-state index in [4.69, 9.17) is 5.11 Å². The number of rotatable bonds is 3. The molecule has 1 atom stereocenters. The fraction of sp³-hybridized carbons (Fsp3) is 0.875. The summed E-state index contributed by atoms with van der Waals surface area (Å²) in [5, 5.41) is 8.57. The summed E-state index contributed by atoms with van der Waals surface area (Å²) in [6.07, 6.45) is 0.611. The second kappa shape index (κ2) is 3.39. The first-order chi connectivity index (χ1) is 5.58. The van der Waals surface area contributed by atoms with Gasteiger partial charge in [0.25, 0.3) is 0 Å². The molecule has 0 radical (unpaired) electrons. The van der Waals surface area contributed by atoms with Gasteiger partial charge in [-0.1, -0.05) is 0 Å². The van der Waals surface area contributed by atoms with Crippen molar-refractivity contribution in [3.8, 4) is 0 Å². The number of carbonyl (C=O) groups is 1. The van der Waals surface area contributed by atoms with E-state index < -0.39 is 18.1 Å². The molecule has 1 aliphatic rings. The normalized spacial score (nSPS) is 30.8. The van der Waals surface area contributed by atoms with Crippen molar-refractivity contribution < 1.29 is 14.3 Å². The zero-order valence-electron chi connectivity index (χ0n) is 7.22. The van der Waals surface area contributed by atoms with Crippen LogP contribution >= 0.6 is 0 Å². The van der Waals surface area contributed by atoms with Crippen molar-refractivity contribution in [2.24, 2.45) is 5.41 Å². The third-order valence-corrected chi connectivity index (χ3v) is 2.44. The highest BCUT2D eigenvalue weighted by molar-refractivity contribution is 5.67. The summed E-state index contributed by atoms with van der Waals surface area (Å²) in [5.41, 5.74) is -0.611. The lowest BCUT2D eigenvalue weighted by Gasteiger charge is -2.22. The quantitative estimate of drug-likeness (QED) is 0.688. The van der Waals surface area contributed by atoms with Gasteiger partial charge >= 0.3 is 5.97 Å². The number of nitrogens with zero attached hydrogens (tertiary/aromatic N) is 1. The van der Waals surface area contributed by atoms with Crippen LogP contribution in [0.5, 0.6) is 0 Å². The van der Waals surface area contributed by atoms with Gasteiger partial charge in [-0.05, 0) is 20.0 Å². The summed E-state index contributed by atoms with van der Waals surface area (Å²) in [6, 6.07) is 0. The van der Waals surface area contributed by atoms with Crippen molar-refractivity contribution >= 4 is 5.97 Å². The smallest absolute Gasteiger partial charge is 0.304 e. The van der Waals surface area contributed by atoms with Gasteiger partial charge in [0.2, 0.25) is 0 Å². The van der Waals surface area contributed by atoms with Crippen molar-refractivity contribution in [2.45, 2.75) is 12.8 Å². The summed E-state index contributed by atoms with van der Waals surface area (Å²) in [6.45, 7) is 0.844. The van der Waals surface area contributed by atoms with Crippen LogP contribution in [0.25, 0.3) is 0 Å². The first-order valence-corrected chi connectivity index (χ1v) is 4.04. The summed E-state index contributed by atoms with van der Waals surface area (Å²) in [7, 11) is 1.89. The molecule has 1 N–H and O–H groups in total. The second-order valence-electron chi connectivity index (χ2n) is 3.69. The van der Waals surface area contributed by atoms with E-state index >= 15 is 0 Å². The Morgan fingerprint density at radius 2 is 2.42 bits per heavy atom. The molecule has 0 aliphatic carbocycles. The van der Waals surface area contributed by atoms with Crippen molar-refractivity contribution in [1.29, 1.82) is 0 Å². The molecule has 0 amide bonds. The molecule has 0 aromatic heterocycles. The molecule has 1 rings (SSSR count). The van der Waals surface area contributed by atoms with Crippen LogP contribution in [-0.4, -0.2) is 42.8 Å². The van der Waals surface area contributed by atoms with Crippen molar-refractivity contribution in [1.82, 2.24) is 4.90 Å². The first kappa shape index (κ1) is 9.45. The Hall–Kier alpha value is -0.640. The van der Waals surface area contributed by atoms with Crippen molar-refractivity contribution in [3.63, 3.8) is 0 Å². The Morgan fingerprint density at radius 3 is 2.75 bits per heavy atom. The highest BCUT2D eigenvalue weighted by atomic mass is 19.1. The van der Waals surface area contributed by atoms with Crippen LogP contribution in [0.2, 0.25) is 0 Å². The van der Waals surface area contributed by atoms with Gasteiger partial charge in [0.05, 0.1) is 13.1 Å². The molecule has 1 saturated heterocycles. The summed E-state index contributed by atoms with van der Waals surface area (Å²) >= 11 is 0. The molecule has 3 nitrogen and oxygen atoms in total. The average molecular weight is 175 g/mol. The predicted molar refractivity (Wildman–Crippen MR) is 42.8 cm³/mol. The standard InChI is InChI=1S/C8H14FNO2/c1-10-3-2-8(5-9,6-10)4-7(11)12/h2-6H2,1H3,(H,11,12). The van der Waals surface area contributed by atoms with Gasteiger partial charge in [-0.25, -0.2) is 0 Å². The molecule has 0 aromatic carbocycles. The largest absolute Gasteiger partial charge is 0.481 e. The van der Waals surface area contributed by atoms with E-state index in [-0.39, 0.29) is 6.42 Å². The molecule has 0 aromatic rings. The molecule has 1 fully saturated rings. The van der Waals surface area contributed by atoms with Gasteiger partial charge < -0.3 is 10.0 Å².